The Morgan fingerprint density at radius 1 is 1.33 bits per heavy atom. The van der Waals surface area contributed by atoms with Gasteiger partial charge in [0.15, 0.2) is 5.69 Å². The molecule has 2 rings (SSSR count). The van der Waals surface area contributed by atoms with E-state index in [0.29, 0.717) is 23.6 Å². The van der Waals surface area contributed by atoms with Crippen molar-refractivity contribution in [2.45, 2.75) is 19.8 Å². The Hall–Kier alpha value is -2.63. The average molecular weight is 287 g/mol. The molecule has 0 fully saturated rings. The van der Waals surface area contributed by atoms with Crippen molar-refractivity contribution >= 4 is 11.9 Å². The summed E-state index contributed by atoms with van der Waals surface area (Å²) < 4.78 is 5.72. The maximum Gasteiger partial charge on any atom is 0.354 e. The molecule has 0 amide bonds. The van der Waals surface area contributed by atoms with E-state index in [0.717, 1.165) is 12.8 Å². The zero-order chi connectivity index (χ0) is 15.2. The van der Waals surface area contributed by atoms with Gasteiger partial charge in [-0.2, -0.15) is 0 Å². The van der Waals surface area contributed by atoms with Gasteiger partial charge in [-0.25, -0.2) is 14.8 Å². The highest BCUT2D eigenvalue weighted by Crippen LogP contribution is 2.29. The Morgan fingerprint density at radius 3 is 2.81 bits per heavy atom. The standard InChI is InChI=1S/C15H17N3O3/c1-2-3-8-21-13-7-5-4-6-10(13)11-9-12(14(19)20)18-15(16)17-11/h4-7,9H,2-3,8H2,1H3,(H,19,20)(H2,16,17,18). The largest absolute Gasteiger partial charge is 0.493 e. The molecular weight excluding hydrogens is 270 g/mol. The number of carboxylic acids is 1. The monoisotopic (exact) mass is 287 g/mol. The molecular formula is C15H17N3O3. The summed E-state index contributed by atoms with van der Waals surface area (Å²) >= 11 is 0. The molecule has 1 aromatic heterocycles. The molecule has 0 bridgehead atoms. The van der Waals surface area contributed by atoms with Crippen LogP contribution in [0, 0.1) is 0 Å². The van der Waals surface area contributed by atoms with Crippen LogP contribution in [-0.2, 0) is 0 Å². The maximum atomic E-state index is 11.1. The number of aromatic carboxylic acids is 1. The Balaban J connectivity index is 2.39. The number of para-hydroxylation sites is 1. The van der Waals surface area contributed by atoms with Crippen molar-refractivity contribution in [1.29, 1.82) is 0 Å². The lowest BCUT2D eigenvalue weighted by molar-refractivity contribution is 0.0690. The molecule has 21 heavy (non-hydrogen) atoms. The fourth-order valence-electron chi connectivity index (χ4n) is 1.84. The molecule has 3 N–H and O–H groups in total. The van der Waals surface area contributed by atoms with Crippen LogP contribution >= 0.6 is 0 Å². The number of nitrogens with two attached hydrogens (primary N) is 1. The number of carbonyl (C=O) groups is 1. The predicted molar refractivity (Wildman–Crippen MR) is 79.2 cm³/mol. The molecule has 1 aromatic carbocycles. The van der Waals surface area contributed by atoms with Crippen LogP contribution in [-0.4, -0.2) is 27.7 Å². The van der Waals surface area contributed by atoms with E-state index in [2.05, 4.69) is 16.9 Å². The van der Waals surface area contributed by atoms with Crippen molar-refractivity contribution in [2.24, 2.45) is 0 Å². The molecule has 6 heteroatoms. The highest BCUT2D eigenvalue weighted by atomic mass is 16.5. The number of ether oxygens (including phenoxy) is 1. The first-order valence-corrected chi connectivity index (χ1v) is 6.72. The van der Waals surface area contributed by atoms with Gasteiger partial charge in [-0.3, -0.25) is 0 Å². The molecule has 0 unspecified atom stereocenters. The zero-order valence-corrected chi connectivity index (χ0v) is 11.7. The molecule has 0 saturated heterocycles. The van der Waals surface area contributed by atoms with E-state index in [1.54, 1.807) is 0 Å². The summed E-state index contributed by atoms with van der Waals surface area (Å²) in [4.78, 5) is 18.8. The van der Waals surface area contributed by atoms with E-state index in [9.17, 15) is 4.79 Å². The lowest BCUT2D eigenvalue weighted by Gasteiger charge is -2.11. The number of unbranched alkanes of at least 4 members (excludes halogenated alkanes) is 1. The molecule has 0 spiro atoms. The highest BCUT2D eigenvalue weighted by Gasteiger charge is 2.13. The summed E-state index contributed by atoms with van der Waals surface area (Å²) in [5.74, 6) is -0.566. The average Bonchev–Trinajstić information content (AvgIpc) is 2.47. The van der Waals surface area contributed by atoms with Crippen LogP contribution in [0.3, 0.4) is 0 Å². The molecule has 2 aromatic rings. The lowest BCUT2D eigenvalue weighted by atomic mass is 10.1. The van der Waals surface area contributed by atoms with Gasteiger partial charge < -0.3 is 15.6 Å². The molecule has 1 heterocycles. The van der Waals surface area contributed by atoms with E-state index in [1.807, 2.05) is 24.3 Å². The predicted octanol–water partition coefficient (Wildman–Crippen LogP) is 2.60. The first-order valence-electron chi connectivity index (χ1n) is 6.72. The van der Waals surface area contributed by atoms with Gasteiger partial charge in [-0.1, -0.05) is 25.5 Å². The second-order valence-electron chi connectivity index (χ2n) is 4.50. The molecule has 0 atom stereocenters. The Kier molecular flexibility index (Phi) is 4.71. The number of hydrogen-bond acceptors (Lipinski definition) is 5. The molecule has 0 radical (unpaired) electrons. The molecule has 0 aliphatic rings. The minimum atomic E-state index is -1.14. The van der Waals surface area contributed by atoms with Crippen LogP contribution in [0.4, 0.5) is 5.95 Å². The van der Waals surface area contributed by atoms with E-state index in [4.69, 9.17) is 15.6 Å². The number of aromatic nitrogens is 2. The first-order chi connectivity index (χ1) is 10.1. The number of anilines is 1. The van der Waals surface area contributed by atoms with Crippen molar-refractivity contribution in [2.75, 3.05) is 12.3 Å². The molecule has 0 aliphatic heterocycles. The topological polar surface area (TPSA) is 98.3 Å². The van der Waals surface area contributed by atoms with Crippen LogP contribution in [0.1, 0.15) is 30.3 Å². The fourth-order valence-corrected chi connectivity index (χ4v) is 1.84. The van der Waals surface area contributed by atoms with Gasteiger partial charge in [0.05, 0.1) is 12.3 Å². The van der Waals surface area contributed by atoms with Crippen LogP contribution in [0.5, 0.6) is 5.75 Å². The van der Waals surface area contributed by atoms with Gasteiger partial charge in [0.25, 0.3) is 0 Å². The smallest absolute Gasteiger partial charge is 0.354 e. The molecule has 0 aliphatic carbocycles. The third-order valence-corrected chi connectivity index (χ3v) is 2.88. The van der Waals surface area contributed by atoms with E-state index >= 15 is 0 Å². The van der Waals surface area contributed by atoms with E-state index in [-0.39, 0.29) is 11.6 Å². The Bertz CT molecular complexity index is 644. The summed E-state index contributed by atoms with van der Waals surface area (Å²) in [5, 5.41) is 9.05. The lowest BCUT2D eigenvalue weighted by Crippen LogP contribution is -2.06. The van der Waals surface area contributed by atoms with Crippen LogP contribution in [0.25, 0.3) is 11.3 Å². The molecule has 110 valence electrons. The number of nitrogens with zero attached hydrogens (tertiary/aromatic N) is 2. The van der Waals surface area contributed by atoms with Gasteiger partial charge in [0.1, 0.15) is 5.75 Å². The van der Waals surface area contributed by atoms with Gasteiger partial charge in [0.2, 0.25) is 5.95 Å². The van der Waals surface area contributed by atoms with Gasteiger partial charge in [0, 0.05) is 5.56 Å². The van der Waals surface area contributed by atoms with Crippen LogP contribution in [0.15, 0.2) is 30.3 Å². The summed E-state index contributed by atoms with van der Waals surface area (Å²) in [5.41, 5.74) is 6.58. The third kappa shape index (κ3) is 3.68. The minimum absolute atomic E-state index is 0.0757. The second kappa shape index (κ2) is 6.69. The van der Waals surface area contributed by atoms with Crippen molar-refractivity contribution in [3.05, 3.63) is 36.0 Å². The Morgan fingerprint density at radius 2 is 2.10 bits per heavy atom. The van der Waals surface area contributed by atoms with Crippen molar-refractivity contribution in [1.82, 2.24) is 9.97 Å². The molecule has 0 saturated carbocycles. The number of carboxylic acid groups (broad SMARTS) is 1. The molecule has 6 nitrogen and oxygen atoms in total. The highest BCUT2D eigenvalue weighted by molar-refractivity contribution is 5.87. The number of hydrogen-bond donors (Lipinski definition) is 2. The van der Waals surface area contributed by atoms with Crippen molar-refractivity contribution in [3.8, 4) is 17.0 Å². The number of benzene rings is 1. The number of nitrogen functional groups attached to an aromatic ring is 1. The quantitative estimate of drug-likeness (QED) is 0.792. The van der Waals surface area contributed by atoms with Gasteiger partial charge >= 0.3 is 5.97 Å². The van der Waals surface area contributed by atoms with Gasteiger partial charge in [-0.15, -0.1) is 0 Å². The number of rotatable bonds is 6. The van der Waals surface area contributed by atoms with E-state index < -0.39 is 5.97 Å². The zero-order valence-electron chi connectivity index (χ0n) is 11.7. The summed E-state index contributed by atoms with van der Waals surface area (Å²) in [6, 6.07) is 8.72. The van der Waals surface area contributed by atoms with Crippen molar-refractivity contribution < 1.29 is 14.6 Å². The summed E-state index contributed by atoms with van der Waals surface area (Å²) in [6.07, 6.45) is 1.98. The third-order valence-electron chi connectivity index (χ3n) is 2.88. The normalized spacial score (nSPS) is 10.3. The first kappa shape index (κ1) is 14.8. The van der Waals surface area contributed by atoms with Crippen molar-refractivity contribution in [3.63, 3.8) is 0 Å². The summed E-state index contributed by atoms with van der Waals surface area (Å²) in [7, 11) is 0. The SMILES string of the molecule is CCCCOc1ccccc1-c1cc(C(=O)O)nc(N)n1. The summed E-state index contributed by atoms with van der Waals surface area (Å²) in [6.45, 7) is 2.68. The van der Waals surface area contributed by atoms with Gasteiger partial charge in [-0.05, 0) is 24.6 Å². The second-order valence-corrected chi connectivity index (χ2v) is 4.50. The fraction of sp³-hybridized carbons (Fsp3) is 0.267. The maximum absolute atomic E-state index is 11.1. The Labute approximate surface area is 122 Å². The van der Waals surface area contributed by atoms with Crippen LogP contribution in [0.2, 0.25) is 0 Å². The van der Waals surface area contributed by atoms with E-state index in [1.165, 1.54) is 6.07 Å². The van der Waals surface area contributed by atoms with Crippen LogP contribution < -0.4 is 10.5 Å². The minimum Gasteiger partial charge on any atom is -0.493 e.